The van der Waals surface area contributed by atoms with Crippen LogP contribution in [0.3, 0.4) is 0 Å². The monoisotopic (exact) mass is 369 g/mol. The molecule has 0 fully saturated rings. The van der Waals surface area contributed by atoms with Crippen molar-refractivity contribution in [1.29, 1.82) is 0 Å². The van der Waals surface area contributed by atoms with Gasteiger partial charge in [0.2, 0.25) is 0 Å². The first-order valence-corrected chi connectivity index (χ1v) is 11.2. The van der Waals surface area contributed by atoms with Crippen molar-refractivity contribution in [3.8, 4) is 0 Å². The van der Waals surface area contributed by atoms with Crippen LogP contribution in [0, 0.1) is 0 Å². The van der Waals surface area contributed by atoms with Crippen molar-refractivity contribution in [2.24, 2.45) is 0 Å². The zero-order chi connectivity index (χ0) is 17.7. The van der Waals surface area contributed by atoms with E-state index in [1.54, 1.807) is 20.8 Å². The van der Waals surface area contributed by atoms with Crippen LogP contribution in [0.15, 0.2) is 26.8 Å². The van der Waals surface area contributed by atoms with E-state index in [9.17, 15) is 29.8 Å². The third kappa shape index (κ3) is 4.06. The second kappa shape index (κ2) is 5.29. The van der Waals surface area contributed by atoms with E-state index in [0.29, 0.717) is 12.1 Å². The van der Waals surface area contributed by atoms with Crippen LogP contribution in [0.2, 0.25) is 0 Å². The second-order valence-corrected chi connectivity index (χ2v) is 11.4. The fraction of sp³-hybridized carbons (Fsp3) is 0.500. The summed E-state index contributed by atoms with van der Waals surface area (Å²) in [4.78, 5) is -1.84. The minimum atomic E-state index is -5.01. The van der Waals surface area contributed by atoms with Gasteiger partial charge in [0.25, 0.3) is 0 Å². The van der Waals surface area contributed by atoms with Gasteiger partial charge in [-0.1, -0.05) is 20.8 Å². The van der Waals surface area contributed by atoms with Gasteiger partial charge in [0.05, 0.1) is 14.7 Å². The molecule has 1 aromatic rings. The van der Waals surface area contributed by atoms with Crippen molar-refractivity contribution < 1.29 is 29.8 Å². The SMILES string of the molecule is CC(C)(C)c1c(S(C)(=O)=O)cc(S(=O)(=O)[O-])cc1S(C)(=O)=O. The highest BCUT2D eigenvalue weighted by Crippen LogP contribution is 2.36. The van der Waals surface area contributed by atoms with Crippen LogP contribution in [0.25, 0.3) is 0 Å². The van der Waals surface area contributed by atoms with E-state index in [2.05, 4.69) is 0 Å². The van der Waals surface area contributed by atoms with Gasteiger partial charge in [-0.15, -0.1) is 0 Å². The van der Waals surface area contributed by atoms with Crippen molar-refractivity contribution >= 4 is 29.8 Å². The van der Waals surface area contributed by atoms with E-state index in [1.165, 1.54) is 0 Å². The summed E-state index contributed by atoms with van der Waals surface area (Å²) in [7, 11) is -12.9. The molecule has 0 aliphatic carbocycles. The van der Waals surface area contributed by atoms with E-state index in [4.69, 9.17) is 0 Å². The predicted molar refractivity (Wildman–Crippen MR) is 79.3 cm³/mol. The quantitative estimate of drug-likeness (QED) is 0.718. The van der Waals surface area contributed by atoms with Gasteiger partial charge in [0.1, 0.15) is 10.1 Å². The van der Waals surface area contributed by atoms with E-state index in [-0.39, 0.29) is 5.56 Å². The minimum absolute atomic E-state index is 0.0371. The molecule has 0 saturated carbocycles. The molecule has 1 rings (SSSR count). The van der Waals surface area contributed by atoms with Crippen LogP contribution in [-0.4, -0.2) is 42.3 Å². The number of hydrogen-bond donors (Lipinski definition) is 0. The fourth-order valence-electron chi connectivity index (χ4n) is 2.03. The summed E-state index contributed by atoms with van der Waals surface area (Å²) in [5, 5.41) is 0. The van der Waals surface area contributed by atoms with Gasteiger partial charge in [-0.2, -0.15) is 0 Å². The Morgan fingerprint density at radius 1 is 0.818 bits per heavy atom. The van der Waals surface area contributed by atoms with Gasteiger partial charge in [0.15, 0.2) is 19.7 Å². The first-order valence-electron chi connectivity index (χ1n) is 6.00. The molecule has 10 heteroatoms. The molecule has 0 saturated heterocycles. The van der Waals surface area contributed by atoms with Gasteiger partial charge < -0.3 is 4.55 Å². The van der Waals surface area contributed by atoms with E-state index in [1.807, 2.05) is 0 Å². The van der Waals surface area contributed by atoms with Crippen LogP contribution in [-0.2, 0) is 35.2 Å². The number of benzene rings is 1. The molecule has 0 spiro atoms. The molecule has 1 aromatic carbocycles. The molecule has 0 unspecified atom stereocenters. The Kier molecular flexibility index (Phi) is 4.59. The van der Waals surface area contributed by atoms with Crippen LogP contribution in [0.5, 0.6) is 0 Å². The summed E-state index contributed by atoms with van der Waals surface area (Å²) in [6.45, 7) is 4.78. The number of rotatable bonds is 3. The molecular formula is C12H17O7S3-. The summed E-state index contributed by atoms with van der Waals surface area (Å²) >= 11 is 0. The third-order valence-corrected chi connectivity index (χ3v) is 5.93. The maximum Gasteiger partial charge on any atom is 0.175 e. The average molecular weight is 369 g/mol. The van der Waals surface area contributed by atoms with E-state index >= 15 is 0 Å². The zero-order valence-electron chi connectivity index (χ0n) is 12.7. The molecule has 0 aliphatic heterocycles. The maximum absolute atomic E-state index is 12.0. The topological polar surface area (TPSA) is 125 Å². The molecule has 0 aromatic heterocycles. The molecule has 0 radical (unpaired) electrons. The van der Waals surface area contributed by atoms with Crippen molar-refractivity contribution in [2.45, 2.75) is 40.9 Å². The summed E-state index contributed by atoms with van der Waals surface area (Å²) in [6.07, 6.45) is 1.65. The molecule has 0 N–H and O–H groups in total. The Bertz CT molecular complexity index is 862. The van der Waals surface area contributed by atoms with Gasteiger partial charge >= 0.3 is 0 Å². The molecule has 126 valence electrons. The van der Waals surface area contributed by atoms with Gasteiger partial charge in [-0.3, -0.25) is 0 Å². The van der Waals surface area contributed by atoms with Crippen molar-refractivity contribution in [1.82, 2.24) is 0 Å². The first-order chi connectivity index (χ1) is 9.45. The first kappa shape index (κ1) is 19.1. The minimum Gasteiger partial charge on any atom is -0.744 e. The number of sulfone groups is 2. The van der Waals surface area contributed by atoms with Crippen LogP contribution < -0.4 is 0 Å². The standard InChI is InChI=1S/C12H18O7S3/c1-12(2,3)11-9(20(4,13)14)6-8(22(17,18)19)7-10(11)21(5,15)16/h6-7H,1-5H3,(H,17,18,19)/p-1. The average Bonchev–Trinajstić information content (AvgIpc) is 2.22. The van der Waals surface area contributed by atoms with E-state index in [0.717, 1.165) is 12.5 Å². The smallest absolute Gasteiger partial charge is 0.175 e. The lowest BCUT2D eigenvalue weighted by Crippen LogP contribution is -2.22. The Morgan fingerprint density at radius 2 is 1.14 bits per heavy atom. The molecule has 22 heavy (non-hydrogen) atoms. The molecule has 0 bridgehead atoms. The van der Waals surface area contributed by atoms with E-state index < -0.39 is 49.9 Å². The summed E-state index contributed by atoms with van der Waals surface area (Å²) in [5.41, 5.74) is -0.938. The lowest BCUT2D eigenvalue weighted by atomic mass is 9.87. The van der Waals surface area contributed by atoms with Crippen LogP contribution in [0.1, 0.15) is 26.3 Å². The predicted octanol–water partition coefficient (Wildman–Crippen LogP) is 0.695. The van der Waals surface area contributed by atoms with Gasteiger partial charge in [-0.05, 0) is 23.1 Å². The highest BCUT2D eigenvalue weighted by molar-refractivity contribution is 7.91. The van der Waals surface area contributed by atoms with Crippen molar-refractivity contribution in [2.75, 3.05) is 12.5 Å². The Morgan fingerprint density at radius 3 is 1.32 bits per heavy atom. The van der Waals surface area contributed by atoms with Crippen LogP contribution >= 0.6 is 0 Å². The second-order valence-electron chi connectivity index (χ2n) is 6.04. The molecule has 0 amide bonds. The Hall–Kier alpha value is -0.970. The summed E-state index contributed by atoms with van der Waals surface area (Å²) in [6, 6.07) is 1.43. The number of hydrogen-bond acceptors (Lipinski definition) is 7. The maximum atomic E-state index is 12.0. The van der Waals surface area contributed by atoms with Crippen molar-refractivity contribution in [3.63, 3.8) is 0 Å². The third-order valence-electron chi connectivity index (χ3n) is 2.88. The highest BCUT2D eigenvalue weighted by Gasteiger charge is 2.31. The molecule has 0 heterocycles. The Balaban J connectivity index is 4.24. The highest BCUT2D eigenvalue weighted by atomic mass is 32.2. The van der Waals surface area contributed by atoms with Gasteiger partial charge in [0, 0.05) is 12.5 Å². The molecule has 7 nitrogen and oxygen atoms in total. The Labute approximate surface area is 131 Å². The lowest BCUT2D eigenvalue weighted by molar-refractivity contribution is 0.461. The molecule has 0 atom stereocenters. The lowest BCUT2D eigenvalue weighted by Gasteiger charge is -2.26. The molecule has 0 aliphatic rings. The largest absolute Gasteiger partial charge is 0.744 e. The zero-order valence-corrected chi connectivity index (χ0v) is 15.2. The summed E-state index contributed by atoms with van der Waals surface area (Å²) < 4.78 is 81.5. The van der Waals surface area contributed by atoms with Crippen molar-refractivity contribution in [3.05, 3.63) is 17.7 Å². The molecular weight excluding hydrogens is 352 g/mol. The normalized spacial score (nSPS) is 14.1. The van der Waals surface area contributed by atoms with Crippen LogP contribution in [0.4, 0.5) is 0 Å². The van der Waals surface area contributed by atoms with Gasteiger partial charge in [-0.25, -0.2) is 25.3 Å². The summed E-state index contributed by atoms with van der Waals surface area (Å²) in [5.74, 6) is 0. The fourth-order valence-corrected chi connectivity index (χ4v) is 5.03.